The van der Waals surface area contributed by atoms with Gasteiger partial charge >= 0.3 is 24.3 Å². The van der Waals surface area contributed by atoms with E-state index in [1.165, 1.54) is 11.0 Å². The fourth-order valence-corrected chi connectivity index (χ4v) is 5.74. The number of rotatable bonds is 3. The number of carbonyl (C=O) groups excluding carboxylic acids is 3. The Morgan fingerprint density at radius 2 is 1.76 bits per heavy atom. The van der Waals surface area contributed by atoms with Gasteiger partial charge in [0.15, 0.2) is 0 Å². The van der Waals surface area contributed by atoms with Crippen LogP contribution in [0.2, 0.25) is 0 Å². The Morgan fingerprint density at radius 1 is 1.07 bits per heavy atom. The molecule has 2 aromatic rings. The molecule has 1 aliphatic carbocycles. The van der Waals surface area contributed by atoms with E-state index in [0.717, 1.165) is 4.90 Å². The van der Waals surface area contributed by atoms with Crippen LogP contribution in [0.4, 0.5) is 30.5 Å². The average molecular weight is 573 g/mol. The number of anilines is 2. The lowest BCUT2D eigenvalue weighted by Gasteiger charge is -2.36. The smallest absolute Gasteiger partial charge is 0.420 e. The number of amides is 3. The molecule has 41 heavy (non-hydrogen) atoms. The molecule has 3 amide bonds. The van der Waals surface area contributed by atoms with Crippen LogP contribution in [0.25, 0.3) is 11.4 Å². The van der Waals surface area contributed by atoms with Gasteiger partial charge in [0.25, 0.3) is 0 Å². The zero-order chi connectivity index (χ0) is 29.4. The summed E-state index contributed by atoms with van der Waals surface area (Å²) in [6.45, 7) is 11.8. The van der Waals surface area contributed by atoms with Crippen molar-refractivity contribution in [1.29, 1.82) is 0 Å². The Balaban J connectivity index is 1.31. The van der Waals surface area contributed by atoms with Crippen LogP contribution in [0.5, 0.6) is 0 Å². The highest BCUT2D eigenvalue weighted by Crippen LogP contribution is 2.50. The molecule has 1 saturated carbocycles. The number of halogens is 1. The molecule has 1 aromatic heterocycles. The number of hydrogen-bond donors (Lipinski definition) is 1. The molecule has 0 radical (unpaired) electrons. The van der Waals surface area contributed by atoms with Crippen molar-refractivity contribution in [2.75, 3.05) is 36.0 Å². The van der Waals surface area contributed by atoms with Gasteiger partial charge in [-0.05, 0) is 59.2 Å². The summed E-state index contributed by atoms with van der Waals surface area (Å²) in [6, 6.07) is 2.73. The zero-order valence-electron chi connectivity index (χ0n) is 23.8. The third-order valence-corrected chi connectivity index (χ3v) is 7.36. The maximum atomic E-state index is 16.1. The number of ether oxygens (including phenoxy) is 3. The van der Waals surface area contributed by atoms with Gasteiger partial charge in [-0.25, -0.2) is 23.7 Å². The highest BCUT2D eigenvalue weighted by molar-refractivity contribution is 5.89. The Bertz CT molecular complexity index is 1400. The minimum Gasteiger partial charge on any atom is -0.447 e. The quantitative estimate of drug-likeness (QED) is 0.536. The standard InChI is InChI=1S/C27H33FN6O7/c1-26(2,3)39-23(35)29-18-15-11-32(12-16(15)18)19-14-9-13(10-17(19)28)21(33-7-8-38-24(33)36)34(22-30-20(14)31-41-22)25(37)40-27(4,5)6/h9-10,15-16,18,21H,7-8,11-12H2,1-6H3,(H,29,35)/t15-,16-,21?/m0/s1. The van der Waals surface area contributed by atoms with Crippen molar-refractivity contribution >= 4 is 30.0 Å². The number of hydrogen-bond acceptors (Lipinski definition) is 10. The topological polar surface area (TPSA) is 140 Å². The number of carbonyl (C=O) groups is 3. The van der Waals surface area contributed by atoms with Gasteiger partial charge < -0.3 is 29.0 Å². The Morgan fingerprint density at radius 3 is 2.37 bits per heavy atom. The number of aromatic nitrogens is 2. The molecular weight excluding hydrogens is 539 g/mol. The first-order valence-corrected chi connectivity index (χ1v) is 13.6. The van der Waals surface area contributed by atoms with Gasteiger partial charge in [-0.2, -0.15) is 4.98 Å². The summed E-state index contributed by atoms with van der Waals surface area (Å²) >= 11 is 0. The first-order valence-electron chi connectivity index (χ1n) is 13.6. The first kappa shape index (κ1) is 27.1. The van der Waals surface area contributed by atoms with Crippen molar-refractivity contribution in [3.05, 3.63) is 23.5 Å². The molecule has 1 aromatic carbocycles. The van der Waals surface area contributed by atoms with E-state index in [1.54, 1.807) is 47.6 Å². The summed E-state index contributed by atoms with van der Waals surface area (Å²) in [6.07, 6.45) is -3.13. The SMILES string of the molecule is CC(C)(C)OC(=O)NC1[C@H]2CN(c3c(F)cc4cc3-c3noc(n3)N(C(=O)OC(C)(C)C)C4N3CCOC3=O)C[C@H]12. The van der Waals surface area contributed by atoms with Gasteiger partial charge in [0.05, 0.1) is 12.2 Å². The van der Waals surface area contributed by atoms with Crippen molar-refractivity contribution in [1.82, 2.24) is 20.4 Å². The van der Waals surface area contributed by atoms with E-state index in [4.69, 9.17) is 18.7 Å². The monoisotopic (exact) mass is 572 g/mol. The van der Waals surface area contributed by atoms with Crippen molar-refractivity contribution in [3.8, 4) is 11.4 Å². The summed E-state index contributed by atoms with van der Waals surface area (Å²) in [5.74, 6) is -0.197. The molecule has 220 valence electrons. The van der Waals surface area contributed by atoms with Gasteiger partial charge in [0.2, 0.25) is 5.82 Å². The number of cyclic esters (lactones) is 1. The Hall–Kier alpha value is -4.10. The van der Waals surface area contributed by atoms with Crippen LogP contribution in [-0.4, -0.2) is 76.8 Å². The van der Waals surface area contributed by atoms with E-state index in [0.29, 0.717) is 24.2 Å². The highest BCUT2D eigenvalue weighted by atomic mass is 19.1. The lowest BCUT2D eigenvalue weighted by atomic mass is 10.0. The van der Waals surface area contributed by atoms with Crippen molar-refractivity contribution in [2.24, 2.45) is 11.8 Å². The molecule has 4 heterocycles. The van der Waals surface area contributed by atoms with E-state index in [-0.39, 0.29) is 48.6 Å². The molecular formula is C27H33FN6O7. The second-order valence-electron chi connectivity index (χ2n) is 12.7. The van der Waals surface area contributed by atoms with Gasteiger partial charge in [-0.15, -0.1) is 0 Å². The third kappa shape index (κ3) is 4.99. The molecule has 6 rings (SSSR count). The molecule has 13 nitrogen and oxygen atoms in total. The molecule has 3 aliphatic heterocycles. The van der Waals surface area contributed by atoms with Crippen molar-refractivity contribution < 1.29 is 37.5 Å². The summed E-state index contributed by atoms with van der Waals surface area (Å²) in [5, 5.41) is 6.97. The predicted octanol–water partition coefficient (Wildman–Crippen LogP) is 4.04. The summed E-state index contributed by atoms with van der Waals surface area (Å²) in [5.41, 5.74) is -0.500. The average Bonchev–Trinajstić information content (AvgIpc) is 3.32. The maximum Gasteiger partial charge on any atom is 0.420 e. The summed E-state index contributed by atoms with van der Waals surface area (Å²) in [7, 11) is 0. The van der Waals surface area contributed by atoms with Crippen LogP contribution in [0.15, 0.2) is 16.7 Å². The van der Waals surface area contributed by atoms with Crippen LogP contribution in [0, 0.1) is 17.7 Å². The molecule has 1 N–H and O–H groups in total. The van der Waals surface area contributed by atoms with E-state index in [2.05, 4.69) is 15.5 Å². The van der Waals surface area contributed by atoms with Crippen LogP contribution in [0.1, 0.15) is 53.3 Å². The van der Waals surface area contributed by atoms with Gasteiger partial charge in [0, 0.05) is 36.5 Å². The summed E-state index contributed by atoms with van der Waals surface area (Å²) < 4.78 is 37.7. The molecule has 3 atom stereocenters. The minimum absolute atomic E-state index is 0.0458. The second kappa shape index (κ2) is 9.21. The Labute approximate surface area is 235 Å². The van der Waals surface area contributed by atoms with E-state index in [9.17, 15) is 14.4 Å². The molecule has 1 unspecified atom stereocenters. The summed E-state index contributed by atoms with van der Waals surface area (Å²) in [4.78, 5) is 47.0. The van der Waals surface area contributed by atoms with E-state index in [1.807, 2.05) is 4.90 Å². The number of alkyl carbamates (subject to hydrolysis) is 1. The van der Waals surface area contributed by atoms with Crippen LogP contribution in [-0.2, 0) is 14.2 Å². The molecule has 0 spiro atoms. The number of benzene rings is 1. The molecule has 2 saturated heterocycles. The molecule has 14 heteroatoms. The predicted molar refractivity (Wildman–Crippen MR) is 142 cm³/mol. The number of piperidine rings is 1. The third-order valence-electron chi connectivity index (χ3n) is 7.36. The van der Waals surface area contributed by atoms with E-state index < -0.39 is 41.5 Å². The fraction of sp³-hybridized carbons (Fsp3) is 0.593. The van der Waals surface area contributed by atoms with Crippen LogP contribution < -0.4 is 15.1 Å². The Kier molecular flexibility index (Phi) is 6.09. The van der Waals surface area contributed by atoms with Gasteiger partial charge in [0.1, 0.15) is 29.8 Å². The minimum atomic E-state index is -1.15. The van der Waals surface area contributed by atoms with Crippen molar-refractivity contribution in [3.63, 3.8) is 0 Å². The normalized spacial score (nSPS) is 24.9. The zero-order valence-corrected chi connectivity index (χ0v) is 23.8. The van der Waals surface area contributed by atoms with E-state index >= 15 is 4.39 Å². The second-order valence-corrected chi connectivity index (χ2v) is 12.7. The van der Waals surface area contributed by atoms with Crippen LogP contribution in [0.3, 0.4) is 0 Å². The van der Waals surface area contributed by atoms with Crippen molar-refractivity contribution in [2.45, 2.75) is 65.0 Å². The lowest BCUT2D eigenvalue weighted by Crippen LogP contribution is -2.47. The largest absolute Gasteiger partial charge is 0.447 e. The first-order chi connectivity index (χ1) is 19.2. The number of nitrogens with one attached hydrogen (secondary N) is 1. The van der Waals surface area contributed by atoms with Crippen LogP contribution >= 0.6 is 0 Å². The van der Waals surface area contributed by atoms with Gasteiger partial charge in [-0.1, -0.05) is 5.16 Å². The number of nitrogens with zero attached hydrogens (tertiary/aromatic N) is 5. The fourth-order valence-electron chi connectivity index (χ4n) is 5.74. The molecule has 4 aliphatic rings. The molecule has 4 bridgehead atoms. The maximum absolute atomic E-state index is 16.1. The molecule has 3 fully saturated rings. The highest BCUT2D eigenvalue weighted by Gasteiger charge is 2.57. The van der Waals surface area contributed by atoms with Gasteiger partial charge in [-0.3, -0.25) is 4.90 Å². The number of fused-ring (bicyclic) bond motifs is 6. The lowest BCUT2D eigenvalue weighted by molar-refractivity contribution is 0.0504.